The molecule has 16 heavy (non-hydrogen) atoms. The van der Waals surface area contributed by atoms with Gasteiger partial charge in [-0.1, -0.05) is 13.8 Å². The van der Waals surface area contributed by atoms with Crippen LogP contribution < -0.4 is 5.73 Å². The minimum atomic E-state index is 0.277. The van der Waals surface area contributed by atoms with Gasteiger partial charge in [0.15, 0.2) is 0 Å². The zero-order valence-electron chi connectivity index (χ0n) is 11.8. The van der Waals surface area contributed by atoms with E-state index in [0.29, 0.717) is 6.04 Å². The molecule has 0 heterocycles. The summed E-state index contributed by atoms with van der Waals surface area (Å²) in [4.78, 5) is 2.50. The molecule has 0 amide bonds. The van der Waals surface area contributed by atoms with Gasteiger partial charge in [-0.3, -0.25) is 4.90 Å². The molecule has 1 saturated carbocycles. The molecule has 2 N–H and O–H groups in total. The van der Waals surface area contributed by atoms with Crippen molar-refractivity contribution in [3.8, 4) is 0 Å². The Labute approximate surface area is 102 Å². The number of hydrogen-bond donors (Lipinski definition) is 1. The van der Waals surface area contributed by atoms with Gasteiger partial charge in [0.25, 0.3) is 0 Å². The quantitative estimate of drug-likeness (QED) is 0.798. The van der Waals surface area contributed by atoms with Gasteiger partial charge in [-0.05, 0) is 58.4 Å². The molecule has 1 fully saturated rings. The fourth-order valence-electron chi connectivity index (χ4n) is 3.09. The second-order valence-electron chi connectivity index (χ2n) is 6.21. The van der Waals surface area contributed by atoms with Crippen molar-refractivity contribution in [2.75, 3.05) is 13.6 Å². The first-order valence-corrected chi connectivity index (χ1v) is 6.86. The molecule has 96 valence electrons. The maximum Gasteiger partial charge on any atom is 0.0331 e. The second kappa shape index (κ2) is 5.50. The number of likely N-dealkylation sites (N-methyl/N-ethyl adjacent to an activating group) is 1. The topological polar surface area (TPSA) is 29.3 Å². The van der Waals surface area contributed by atoms with Crippen LogP contribution in [0.5, 0.6) is 0 Å². The summed E-state index contributed by atoms with van der Waals surface area (Å²) in [6.45, 7) is 10.1. The molecule has 0 saturated heterocycles. The summed E-state index contributed by atoms with van der Waals surface area (Å²) >= 11 is 0. The van der Waals surface area contributed by atoms with Crippen molar-refractivity contribution in [2.45, 2.75) is 65.0 Å². The third-order valence-corrected chi connectivity index (χ3v) is 4.81. The molecule has 1 aliphatic carbocycles. The minimum absolute atomic E-state index is 0.277. The van der Waals surface area contributed by atoms with Crippen molar-refractivity contribution in [1.82, 2.24) is 4.90 Å². The first-order chi connectivity index (χ1) is 7.43. The summed E-state index contributed by atoms with van der Waals surface area (Å²) in [6, 6.07) is 0.596. The largest absolute Gasteiger partial charge is 0.329 e. The number of nitrogens with zero attached hydrogens (tertiary/aromatic N) is 1. The van der Waals surface area contributed by atoms with Gasteiger partial charge < -0.3 is 5.73 Å². The monoisotopic (exact) mass is 226 g/mol. The average Bonchev–Trinajstić information content (AvgIpc) is 2.27. The molecule has 2 heteroatoms. The summed E-state index contributed by atoms with van der Waals surface area (Å²) in [5.41, 5.74) is 6.33. The van der Waals surface area contributed by atoms with E-state index in [1.807, 2.05) is 0 Å². The van der Waals surface area contributed by atoms with Gasteiger partial charge in [-0.2, -0.15) is 0 Å². The van der Waals surface area contributed by atoms with Crippen LogP contribution in [0.4, 0.5) is 0 Å². The maximum absolute atomic E-state index is 6.06. The van der Waals surface area contributed by atoms with Crippen LogP contribution in [0, 0.1) is 11.8 Å². The third kappa shape index (κ3) is 2.78. The fraction of sp³-hybridized carbons (Fsp3) is 1.00. The molecule has 0 aromatic carbocycles. The summed E-state index contributed by atoms with van der Waals surface area (Å²) in [7, 11) is 2.24. The molecule has 0 aromatic heterocycles. The molecule has 2 nitrogen and oxygen atoms in total. The van der Waals surface area contributed by atoms with E-state index < -0.39 is 0 Å². The fourth-order valence-corrected chi connectivity index (χ4v) is 3.09. The zero-order valence-corrected chi connectivity index (χ0v) is 11.8. The van der Waals surface area contributed by atoms with Gasteiger partial charge in [-0.25, -0.2) is 0 Å². The Morgan fingerprint density at radius 3 is 2.00 bits per heavy atom. The first kappa shape index (κ1) is 14.0. The highest BCUT2D eigenvalue weighted by Crippen LogP contribution is 2.38. The lowest BCUT2D eigenvalue weighted by atomic mass is 9.72. The summed E-state index contributed by atoms with van der Waals surface area (Å²) in [5, 5.41) is 0. The van der Waals surface area contributed by atoms with E-state index in [4.69, 9.17) is 5.73 Å². The Morgan fingerprint density at radius 1 is 1.19 bits per heavy atom. The lowest BCUT2D eigenvalue weighted by molar-refractivity contribution is 0.0339. The second-order valence-corrected chi connectivity index (χ2v) is 6.21. The van der Waals surface area contributed by atoms with Crippen LogP contribution >= 0.6 is 0 Å². The standard InChI is InChI=1S/C14H30N2/c1-11(2)13-6-8-14(10-15,9-7-13)16(5)12(3)4/h11-13H,6-10,15H2,1-5H3. The molecule has 0 bridgehead atoms. The number of nitrogens with two attached hydrogens (primary N) is 1. The smallest absolute Gasteiger partial charge is 0.0331 e. The van der Waals surface area contributed by atoms with E-state index in [1.165, 1.54) is 25.7 Å². The van der Waals surface area contributed by atoms with E-state index in [2.05, 4.69) is 39.6 Å². The van der Waals surface area contributed by atoms with E-state index in [1.54, 1.807) is 0 Å². The zero-order chi connectivity index (χ0) is 12.3. The molecule has 0 aliphatic heterocycles. The van der Waals surface area contributed by atoms with E-state index in [-0.39, 0.29) is 5.54 Å². The summed E-state index contributed by atoms with van der Waals surface area (Å²) in [5.74, 6) is 1.75. The van der Waals surface area contributed by atoms with Crippen LogP contribution in [0.15, 0.2) is 0 Å². The van der Waals surface area contributed by atoms with Gasteiger partial charge in [0, 0.05) is 18.1 Å². The van der Waals surface area contributed by atoms with Gasteiger partial charge in [0.2, 0.25) is 0 Å². The Bertz CT molecular complexity index is 203. The van der Waals surface area contributed by atoms with Crippen LogP contribution in [0.25, 0.3) is 0 Å². The van der Waals surface area contributed by atoms with Gasteiger partial charge in [0.1, 0.15) is 0 Å². The molecule has 0 spiro atoms. The Balaban J connectivity index is 2.65. The highest BCUT2D eigenvalue weighted by atomic mass is 15.2. The van der Waals surface area contributed by atoms with Gasteiger partial charge in [-0.15, -0.1) is 0 Å². The molecule has 1 rings (SSSR count). The Morgan fingerprint density at radius 2 is 1.69 bits per heavy atom. The van der Waals surface area contributed by atoms with Crippen LogP contribution in [-0.4, -0.2) is 30.1 Å². The number of hydrogen-bond acceptors (Lipinski definition) is 2. The normalized spacial score (nSPS) is 31.7. The van der Waals surface area contributed by atoms with Crippen LogP contribution in [0.1, 0.15) is 53.4 Å². The van der Waals surface area contributed by atoms with Gasteiger partial charge >= 0.3 is 0 Å². The van der Waals surface area contributed by atoms with Crippen molar-refractivity contribution in [2.24, 2.45) is 17.6 Å². The molecular weight excluding hydrogens is 196 g/mol. The molecule has 1 aliphatic rings. The van der Waals surface area contributed by atoms with Crippen LogP contribution in [0.3, 0.4) is 0 Å². The van der Waals surface area contributed by atoms with Crippen molar-refractivity contribution in [1.29, 1.82) is 0 Å². The van der Waals surface area contributed by atoms with Crippen molar-refractivity contribution < 1.29 is 0 Å². The predicted molar refractivity (Wildman–Crippen MR) is 71.5 cm³/mol. The van der Waals surface area contributed by atoms with Crippen molar-refractivity contribution in [3.63, 3.8) is 0 Å². The molecular formula is C14H30N2. The van der Waals surface area contributed by atoms with E-state index >= 15 is 0 Å². The predicted octanol–water partition coefficient (Wildman–Crippen LogP) is 2.87. The van der Waals surface area contributed by atoms with E-state index in [9.17, 15) is 0 Å². The Kier molecular flexibility index (Phi) is 4.81. The first-order valence-electron chi connectivity index (χ1n) is 6.86. The maximum atomic E-state index is 6.06. The lowest BCUT2D eigenvalue weighted by Crippen LogP contribution is -2.56. The van der Waals surface area contributed by atoms with Crippen molar-refractivity contribution in [3.05, 3.63) is 0 Å². The van der Waals surface area contributed by atoms with Crippen LogP contribution in [-0.2, 0) is 0 Å². The highest BCUT2D eigenvalue weighted by molar-refractivity contribution is 4.96. The lowest BCUT2D eigenvalue weighted by Gasteiger charge is -2.48. The average molecular weight is 226 g/mol. The minimum Gasteiger partial charge on any atom is -0.329 e. The van der Waals surface area contributed by atoms with E-state index in [0.717, 1.165) is 18.4 Å². The third-order valence-electron chi connectivity index (χ3n) is 4.81. The van der Waals surface area contributed by atoms with Gasteiger partial charge in [0.05, 0.1) is 0 Å². The SMILES string of the molecule is CC(C)C1CCC(CN)(N(C)C(C)C)CC1. The molecule has 0 aromatic rings. The summed E-state index contributed by atoms with van der Waals surface area (Å²) < 4.78 is 0. The van der Waals surface area contributed by atoms with Crippen LogP contribution in [0.2, 0.25) is 0 Å². The summed E-state index contributed by atoms with van der Waals surface area (Å²) in [6.07, 6.45) is 5.26. The molecule has 0 radical (unpaired) electrons. The molecule has 0 atom stereocenters. The molecule has 0 unspecified atom stereocenters. The Hall–Kier alpha value is -0.0800. The number of rotatable bonds is 4. The highest BCUT2D eigenvalue weighted by Gasteiger charge is 2.38. The van der Waals surface area contributed by atoms with Crippen molar-refractivity contribution >= 4 is 0 Å².